The van der Waals surface area contributed by atoms with Gasteiger partial charge in [-0.05, 0) is 24.6 Å². The minimum absolute atomic E-state index is 0.0530. The van der Waals surface area contributed by atoms with Crippen LogP contribution in [0.2, 0.25) is 0 Å². The molecular weight excluding hydrogens is 236 g/mol. The molecule has 0 spiro atoms. The standard InChI is InChI=1S/C16H14N2O/c1-12-7-9-14(10-8-12)18-16(19)11-15(17-18)13-5-3-2-4-6-13/h2-11,17H,1H3. The molecular formula is C16H14N2O. The molecule has 3 nitrogen and oxygen atoms in total. The summed E-state index contributed by atoms with van der Waals surface area (Å²) in [6.45, 7) is 2.02. The lowest BCUT2D eigenvalue weighted by atomic mass is 10.2. The van der Waals surface area contributed by atoms with Gasteiger partial charge in [0, 0.05) is 6.07 Å². The topological polar surface area (TPSA) is 37.8 Å². The van der Waals surface area contributed by atoms with Crippen LogP contribution in [0.25, 0.3) is 16.9 Å². The van der Waals surface area contributed by atoms with Gasteiger partial charge in [0.05, 0.1) is 11.4 Å². The van der Waals surface area contributed by atoms with E-state index < -0.39 is 0 Å². The van der Waals surface area contributed by atoms with E-state index in [9.17, 15) is 4.79 Å². The average molecular weight is 250 g/mol. The quantitative estimate of drug-likeness (QED) is 0.745. The van der Waals surface area contributed by atoms with Crippen molar-refractivity contribution in [2.45, 2.75) is 6.92 Å². The first-order valence-electron chi connectivity index (χ1n) is 6.18. The van der Waals surface area contributed by atoms with Crippen molar-refractivity contribution in [3.05, 3.63) is 76.6 Å². The molecule has 2 aromatic carbocycles. The molecule has 19 heavy (non-hydrogen) atoms. The molecule has 0 atom stereocenters. The van der Waals surface area contributed by atoms with Crippen molar-refractivity contribution in [2.75, 3.05) is 0 Å². The van der Waals surface area contributed by atoms with Gasteiger partial charge in [0.15, 0.2) is 0 Å². The summed E-state index contributed by atoms with van der Waals surface area (Å²) in [7, 11) is 0. The molecule has 1 aromatic heterocycles. The van der Waals surface area contributed by atoms with Crippen LogP contribution in [0.4, 0.5) is 0 Å². The molecule has 0 amide bonds. The minimum Gasteiger partial charge on any atom is -0.290 e. The zero-order chi connectivity index (χ0) is 13.2. The third kappa shape index (κ3) is 2.22. The Hall–Kier alpha value is -2.55. The molecule has 0 bridgehead atoms. The second-order valence-corrected chi connectivity index (χ2v) is 4.55. The van der Waals surface area contributed by atoms with Gasteiger partial charge in [-0.25, -0.2) is 4.68 Å². The first kappa shape index (κ1) is 11.5. The van der Waals surface area contributed by atoms with Crippen molar-refractivity contribution in [3.63, 3.8) is 0 Å². The predicted octanol–water partition coefficient (Wildman–Crippen LogP) is 3.14. The molecule has 0 radical (unpaired) electrons. The van der Waals surface area contributed by atoms with Crippen LogP contribution in [0.5, 0.6) is 0 Å². The fourth-order valence-corrected chi connectivity index (χ4v) is 2.05. The smallest absolute Gasteiger partial charge is 0.271 e. The summed E-state index contributed by atoms with van der Waals surface area (Å²) in [4.78, 5) is 12.0. The maximum absolute atomic E-state index is 12.0. The van der Waals surface area contributed by atoms with E-state index in [4.69, 9.17) is 0 Å². The Morgan fingerprint density at radius 3 is 2.32 bits per heavy atom. The van der Waals surface area contributed by atoms with Gasteiger partial charge >= 0.3 is 0 Å². The summed E-state index contributed by atoms with van der Waals surface area (Å²) in [5, 5.41) is 3.14. The van der Waals surface area contributed by atoms with Crippen molar-refractivity contribution < 1.29 is 0 Å². The van der Waals surface area contributed by atoms with Crippen LogP contribution in [-0.4, -0.2) is 9.78 Å². The van der Waals surface area contributed by atoms with Gasteiger partial charge < -0.3 is 0 Å². The molecule has 0 aliphatic carbocycles. The highest BCUT2D eigenvalue weighted by atomic mass is 16.1. The van der Waals surface area contributed by atoms with Crippen LogP contribution in [0.15, 0.2) is 65.5 Å². The van der Waals surface area contributed by atoms with Gasteiger partial charge in [-0.15, -0.1) is 0 Å². The number of rotatable bonds is 2. The molecule has 3 rings (SSSR count). The molecule has 94 valence electrons. The Labute approximate surface area is 111 Å². The fourth-order valence-electron chi connectivity index (χ4n) is 2.05. The van der Waals surface area contributed by atoms with Crippen LogP contribution in [0.1, 0.15) is 5.56 Å². The highest BCUT2D eigenvalue weighted by Crippen LogP contribution is 2.15. The second-order valence-electron chi connectivity index (χ2n) is 4.55. The molecule has 1 N–H and O–H groups in total. The molecule has 0 saturated heterocycles. The largest absolute Gasteiger partial charge is 0.290 e. The molecule has 3 heteroatoms. The molecule has 0 aliphatic rings. The number of aromatic amines is 1. The van der Waals surface area contributed by atoms with Crippen LogP contribution in [-0.2, 0) is 0 Å². The summed E-state index contributed by atoms with van der Waals surface area (Å²) in [5.41, 5.74) is 3.80. The van der Waals surface area contributed by atoms with Crippen molar-refractivity contribution in [1.82, 2.24) is 9.78 Å². The third-order valence-electron chi connectivity index (χ3n) is 3.10. The number of nitrogens with one attached hydrogen (secondary N) is 1. The fraction of sp³-hybridized carbons (Fsp3) is 0.0625. The van der Waals surface area contributed by atoms with Gasteiger partial charge in [-0.1, -0.05) is 48.0 Å². The number of H-pyrrole nitrogens is 1. The Bertz CT molecular complexity index is 736. The maximum Gasteiger partial charge on any atom is 0.271 e. The predicted molar refractivity (Wildman–Crippen MR) is 76.6 cm³/mol. The summed E-state index contributed by atoms with van der Waals surface area (Å²) >= 11 is 0. The van der Waals surface area contributed by atoms with Gasteiger partial charge in [-0.3, -0.25) is 9.89 Å². The van der Waals surface area contributed by atoms with E-state index in [-0.39, 0.29) is 5.56 Å². The average Bonchev–Trinajstić information content (AvgIpc) is 2.83. The van der Waals surface area contributed by atoms with Crippen LogP contribution < -0.4 is 5.56 Å². The van der Waals surface area contributed by atoms with Gasteiger partial charge in [0.25, 0.3) is 5.56 Å². The lowest BCUT2D eigenvalue weighted by Gasteiger charge is -2.02. The Balaban J connectivity index is 2.08. The van der Waals surface area contributed by atoms with Crippen LogP contribution in [0, 0.1) is 6.92 Å². The Morgan fingerprint density at radius 2 is 1.63 bits per heavy atom. The van der Waals surface area contributed by atoms with Crippen molar-refractivity contribution >= 4 is 0 Å². The van der Waals surface area contributed by atoms with Gasteiger partial charge in [0.2, 0.25) is 0 Å². The highest BCUT2D eigenvalue weighted by Gasteiger charge is 2.06. The number of aromatic nitrogens is 2. The number of nitrogens with zero attached hydrogens (tertiary/aromatic N) is 1. The highest BCUT2D eigenvalue weighted by molar-refractivity contribution is 5.58. The minimum atomic E-state index is -0.0530. The lowest BCUT2D eigenvalue weighted by Crippen LogP contribution is -2.13. The first-order chi connectivity index (χ1) is 9.24. The summed E-state index contributed by atoms with van der Waals surface area (Å²) in [5.74, 6) is 0. The van der Waals surface area contributed by atoms with Gasteiger partial charge in [-0.2, -0.15) is 0 Å². The summed E-state index contributed by atoms with van der Waals surface area (Å²) in [6, 6.07) is 19.3. The molecule has 0 unspecified atom stereocenters. The van der Waals surface area contributed by atoms with E-state index in [0.717, 1.165) is 16.9 Å². The SMILES string of the molecule is Cc1ccc(-n2[nH]c(-c3ccccc3)cc2=O)cc1. The zero-order valence-electron chi connectivity index (χ0n) is 10.6. The number of hydrogen-bond donors (Lipinski definition) is 1. The Kier molecular flexibility index (Phi) is 2.80. The van der Waals surface area contributed by atoms with E-state index in [1.165, 1.54) is 5.56 Å². The van der Waals surface area contributed by atoms with E-state index >= 15 is 0 Å². The number of hydrogen-bond acceptors (Lipinski definition) is 1. The second kappa shape index (κ2) is 4.61. The van der Waals surface area contributed by atoms with Crippen molar-refractivity contribution in [3.8, 4) is 16.9 Å². The van der Waals surface area contributed by atoms with Gasteiger partial charge in [0.1, 0.15) is 0 Å². The summed E-state index contributed by atoms with van der Waals surface area (Å²) in [6.07, 6.45) is 0. The maximum atomic E-state index is 12.0. The molecule has 1 heterocycles. The van der Waals surface area contributed by atoms with E-state index in [1.54, 1.807) is 10.7 Å². The van der Waals surface area contributed by atoms with Crippen molar-refractivity contribution in [1.29, 1.82) is 0 Å². The Morgan fingerprint density at radius 1 is 0.947 bits per heavy atom. The normalized spacial score (nSPS) is 10.6. The van der Waals surface area contributed by atoms with Crippen molar-refractivity contribution in [2.24, 2.45) is 0 Å². The van der Waals surface area contributed by atoms with E-state index in [2.05, 4.69) is 5.10 Å². The number of aryl methyl sites for hydroxylation is 1. The van der Waals surface area contributed by atoms with Crippen LogP contribution >= 0.6 is 0 Å². The number of benzene rings is 2. The third-order valence-corrected chi connectivity index (χ3v) is 3.10. The molecule has 0 aliphatic heterocycles. The molecule has 0 saturated carbocycles. The zero-order valence-corrected chi connectivity index (χ0v) is 10.6. The van der Waals surface area contributed by atoms with E-state index in [0.29, 0.717) is 0 Å². The molecule has 0 fully saturated rings. The van der Waals surface area contributed by atoms with Crippen LogP contribution in [0.3, 0.4) is 0 Å². The lowest BCUT2D eigenvalue weighted by molar-refractivity contribution is 0.852. The van der Waals surface area contributed by atoms with E-state index in [1.807, 2.05) is 61.5 Å². The first-order valence-corrected chi connectivity index (χ1v) is 6.18. The molecule has 3 aromatic rings. The monoisotopic (exact) mass is 250 g/mol. The summed E-state index contributed by atoms with van der Waals surface area (Å²) < 4.78 is 1.56.